The Hall–Kier alpha value is -0.630. The number of hydrogen-bond donors (Lipinski definition) is 0. The fourth-order valence-electron chi connectivity index (χ4n) is 6.75. The average molecular weight is 230 g/mol. The Morgan fingerprint density at radius 2 is 2.06 bits per heavy atom. The third-order valence-corrected chi connectivity index (χ3v) is 6.88. The Labute approximate surface area is 101 Å². The van der Waals surface area contributed by atoms with Crippen LogP contribution >= 0.6 is 0 Å². The molecular weight excluding hydrogens is 212 g/mol. The van der Waals surface area contributed by atoms with Gasteiger partial charge in [-0.2, -0.15) is 0 Å². The fourth-order valence-corrected chi connectivity index (χ4v) is 6.75. The van der Waals surface area contributed by atoms with Crippen LogP contribution in [-0.4, -0.2) is 18.0 Å². The van der Waals surface area contributed by atoms with Crippen LogP contribution in [0.4, 0.5) is 0 Å². The first-order chi connectivity index (χ1) is 8.22. The molecule has 0 N–H and O–H groups in total. The molecule has 1 heterocycles. The second-order valence-electron chi connectivity index (χ2n) is 6.82. The van der Waals surface area contributed by atoms with Gasteiger partial charge >= 0.3 is 0 Å². The zero-order valence-electron chi connectivity index (χ0n) is 10.2. The molecule has 6 rings (SSSR count). The summed E-state index contributed by atoms with van der Waals surface area (Å²) in [5.74, 6) is 3.77. The molecule has 90 valence electrons. The van der Waals surface area contributed by atoms with Gasteiger partial charge in [0.1, 0.15) is 5.78 Å². The quantitative estimate of drug-likeness (QED) is 0.645. The summed E-state index contributed by atoms with van der Waals surface area (Å²) in [5.41, 5.74) is -0.0125. The predicted octanol–water partition coefficient (Wildman–Crippen LogP) is 2.19. The molecule has 1 saturated heterocycles. The van der Waals surface area contributed by atoms with E-state index in [9.17, 15) is 4.79 Å². The van der Waals surface area contributed by atoms with Gasteiger partial charge in [0.25, 0.3) is 0 Å². The van der Waals surface area contributed by atoms with Crippen molar-refractivity contribution in [3.05, 3.63) is 12.2 Å². The highest BCUT2D eigenvalue weighted by Crippen LogP contribution is 2.79. The van der Waals surface area contributed by atoms with E-state index in [0.29, 0.717) is 29.5 Å². The molecule has 7 atom stereocenters. The lowest BCUT2D eigenvalue weighted by Gasteiger charge is -2.53. The van der Waals surface area contributed by atoms with Crippen LogP contribution in [0.15, 0.2) is 12.2 Å². The molecule has 7 unspecified atom stereocenters. The second kappa shape index (κ2) is 2.40. The minimum atomic E-state index is -0.0757. The molecule has 1 spiro atoms. The molecule has 0 radical (unpaired) electrons. The van der Waals surface area contributed by atoms with E-state index in [1.165, 1.54) is 19.3 Å². The molecule has 2 nitrogen and oxygen atoms in total. The van der Waals surface area contributed by atoms with Crippen molar-refractivity contribution >= 4 is 5.78 Å². The van der Waals surface area contributed by atoms with Crippen LogP contribution in [0, 0.1) is 35.0 Å². The lowest BCUT2D eigenvalue weighted by molar-refractivity contribution is -0.140. The molecule has 0 aromatic heterocycles. The molecule has 6 bridgehead atoms. The number of allylic oxidation sites excluding steroid dienone is 1. The van der Waals surface area contributed by atoms with E-state index in [2.05, 4.69) is 12.2 Å². The lowest BCUT2D eigenvalue weighted by Crippen LogP contribution is -2.57. The zero-order valence-corrected chi connectivity index (χ0v) is 10.2. The smallest absolute Gasteiger partial charge is 0.140 e. The maximum absolute atomic E-state index is 12.3. The number of carbonyl (C=O) groups excluding carboxylic acids is 1. The summed E-state index contributed by atoms with van der Waals surface area (Å²) in [6, 6.07) is 0. The first-order valence-corrected chi connectivity index (χ1v) is 7.07. The maximum atomic E-state index is 12.3. The van der Waals surface area contributed by atoms with Crippen LogP contribution in [0.3, 0.4) is 0 Å². The van der Waals surface area contributed by atoms with Crippen LogP contribution < -0.4 is 0 Å². The molecule has 6 aliphatic rings. The van der Waals surface area contributed by atoms with Crippen LogP contribution in [0.2, 0.25) is 0 Å². The Kier molecular flexibility index (Phi) is 1.32. The second-order valence-corrected chi connectivity index (χ2v) is 6.82. The SMILES string of the molecule is CC(=O)C12C=CC34OCCC3C1C1CCC2C14. The number of Topliss-reactive ketones (excluding diaryl/α,β-unsaturated/α-hetero) is 1. The molecule has 17 heavy (non-hydrogen) atoms. The zero-order chi connectivity index (χ0) is 11.4. The van der Waals surface area contributed by atoms with Crippen molar-refractivity contribution < 1.29 is 9.53 Å². The fraction of sp³-hybridized carbons (Fsp3) is 0.800. The highest BCUT2D eigenvalue weighted by molar-refractivity contribution is 5.87. The molecule has 0 aromatic rings. The number of carbonyl (C=O) groups is 1. The Balaban J connectivity index is 1.82. The van der Waals surface area contributed by atoms with Crippen LogP contribution in [-0.2, 0) is 9.53 Å². The number of hydrogen-bond acceptors (Lipinski definition) is 2. The molecule has 1 aliphatic heterocycles. The van der Waals surface area contributed by atoms with Gasteiger partial charge < -0.3 is 4.74 Å². The summed E-state index contributed by atoms with van der Waals surface area (Å²) in [6.45, 7) is 2.73. The van der Waals surface area contributed by atoms with Gasteiger partial charge in [-0.3, -0.25) is 4.79 Å². The van der Waals surface area contributed by atoms with Crippen LogP contribution in [0.5, 0.6) is 0 Å². The van der Waals surface area contributed by atoms with Gasteiger partial charge in [0, 0.05) is 6.61 Å². The highest BCUT2D eigenvalue weighted by Gasteiger charge is 2.80. The van der Waals surface area contributed by atoms with E-state index < -0.39 is 0 Å². The van der Waals surface area contributed by atoms with E-state index in [1.807, 2.05) is 6.92 Å². The predicted molar refractivity (Wildman–Crippen MR) is 62.2 cm³/mol. The largest absolute Gasteiger partial charge is 0.370 e. The first-order valence-electron chi connectivity index (χ1n) is 7.07. The van der Waals surface area contributed by atoms with Gasteiger partial charge in [0.2, 0.25) is 0 Å². The molecule has 0 amide bonds. The minimum absolute atomic E-state index is 0.0632. The molecule has 5 aliphatic carbocycles. The average Bonchev–Trinajstić information content (AvgIpc) is 3.00. The molecule has 3 saturated carbocycles. The topological polar surface area (TPSA) is 26.3 Å². The standard InChI is InChI=1S/C15H18O2/c1-8(16)14-5-6-15-11(4-7-17-15)12(14)9-2-3-10(14)13(9)15/h5-6,9-13H,2-4,7H2,1H3. The van der Waals surface area contributed by atoms with Crippen molar-refractivity contribution in [1.82, 2.24) is 0 Å². The van der Waals surface area contributed by atoms with Gasteiger partial charge in [-0.1, -0.05) is 12.2 Å². The normalized spacial score (nSPS) is 64.6. The molecule has 0 aromatic carbocycles. The van der Waals surface area contributed by atoms with Crippen molar-refractivity contribution in [2.24, 2.45) is 35.0 Å². The molecule has 4 fully saturated rings. The van der Waals surface area contributed by atoms with Gasteiger partial charge in [-0.15, -0.1) is 0 Å². The van der Waals surface area contributed by atoms with E-state index in [4.69, 9.17) is 4.74 Å². The molecule has 2 heteroatoms. The van der Waals surface area contributed by atoms with Gasteiger partial charge in [0.15, 0.2) is 0 Å². The van der Waals surface area contributed by atoms with Gasteiger partial charge in [0.05, 0.1) is 11.0 Å². The Morgan fingerprint density at radius 1 is 1.18 bits per heavy atom. The number of ketones is 1. The Morgan fingerprint density at radius 3 is 2.88 bits per heavy atom. The highest BCUT2D eigenvalue weighted by atomic mass is 16.5. The van der Waals surface area contributed by atoms with Gasteiger partial charge in [-0.05, 0) is 55.8 Å². The maximum Gasteiger partial charge on any atom is 0.140 e. The summed E-state index contributed by atoms with van der Waals surface area (Å²) in [6.07, 6.45) is 8.35. The van der Waals surface area contributed by atoms with Crippen molar-refractivity contribution in [1.29, 1.82) is 0 Å². The van der Waals surface area contributed by atoms with Gasteiger partial charge in [-0.25, -0.2) is 0 Å². The van der Waals surface area contributed by atoms with Crippen molar-refractivity contribution in [2.75, 3.05) is 6.61 Å². The summed E-state index contributed by atoms with van der Waals surface area (Å²) < 4.78 is 6.19. The lowest BCUT2D eigenvalue weighted by atomic mass is 9.50. The van der Waals surface area contributed by atoms with Crippen molar-refractivity contribution in [2.45, 2.75) is 31.8 Å². The molecular formula is C15H18O2. The monoisotopic (exact) mass is 230 g/mol. The van der Waals surface area contributed by atoms with E-state index in [-0.39, 0.29) is 11.0 Å². The summed E-state index contributed by atoms with van der Waals surface area (Å²) in [7, 11) is 0. The third kappa shape index (κ3) is 0.663. The summed E-state index contributed by atoms with van der Waals surface area (Å²) in [4.78, 5) is 12.3. The van der Waals surface area contributed by atoms with E-state index in [1.54, 1.807) is 0 Å². The van der Waals surface area contributed by atoms with Crippen LogP contribution in [0.1, 0.15) is 26.2 Å². The van der Waals surface area contributed by atoms with E-state index in [0.717, 1.165) is 12.5 Å². The third-order valence-electron chi connectivity index (χ3n) is 6.88. The Bertz CT molecular complexity index is 468. The number of ether oxygens (including phenoxy) is 1. The van der Waals surface area contributed by atoms with Crippen LogP contribution in [0.25, 0.3) is 0 Å². The van der Waals surface area contributed by atoms with Crippen molar-refractivity contribution in [3.63, 3.8) is 0 Å². The minimum Gasteiger partial charge on any atom is -0.370 e. The summed E-state index contributed by atoms with van der Waals surface area (Å²) in [5, 5.41) is 0. The van der Waals surface area contributed by atoms with Crippen molar-refractivity contribution in [3.8, 4) is 0 Å². The summed E-state index contributed by atoms with van der Waals surface area (Å²) >= 11 is 0. The van der Waals surface area contributed by atoms with E-state index >= 15 is 0 Å². The number of rotatable bonds is 1. The first kappa shape index (κ1) is 9.32.